The first-order valence-electron chi connectivity index (χ1n) is 7.64. The highest BCUT2D eigenvalue weighted by atomic mass is 35.5. The summed E-state index contributed by atoms with van der Waals surface area (Å²) in [7, 11) is 0. The average molecular weight is 389 g/mol. The van der Waals surface area contributed by atoms with E-state index in [1.807, 2.05) is 0 Å². The molecule has 6 nitrogen and oxygen atoms in total. The van der Waals surface area contributed by atoms with Gasteiger partial charge < -0.3 is 10.6 Å². The van der Waals surface area contributed by atoms with Crippen LogP contribution in [-0.4, -0.2) is 27.7 Å². The Kier molecular flexibility index (Phi) is 5.25. The second kappa shape index (κ2) is 7.59. The maximum atomic E-state index is 12.7. The molecule has 0 aliphatic carbocycles. The number of carbonyl (C=O) groups excluding carboxylic acids is 2. The average Bonchev–Trinajstić information content (AvgIpc) is 3.02. The van der Waals surface area contributed by atoms with Gasteiger partial charge in [-0.3, -0.25) is 14.0 Å². The van der Waals surface area contributed by atoms with Crippen LogP contribution in [0.15, 0.2) is 55.3 Å². The molecule has 0 saturated carbocycles. The first-order chi connectivity index (χ1) is 12.5. The normalized spacial score (nSPS) is 10.5. The minimum Gasteiger partial charge on any atom is -0.346 e. The number of imidazole rings is 1. The van der Waals surface area contributed by atoms with Gasteiger partial charge in [-0.15, -0.1) is 6.58 Å². The lowest BCUT2D eigenvalue weighted by atomic mass is 10.3. The summed E-state index contributed by atoms with van der Waals surface area (Å²) < 4.78 is 1.55. The maximum Gasteiger partial charge on any atom is 0.287 e. The van der Waals surface area contributed by atoms with E-state index in [0.29, 0.717) is 27.8 Å². The number of rotatable bonds is 5. The molecule has 1 aromatic carbocycles. The van der Waals surface area contributed by atoms with Crippen LogP contribution in [0.25, 0.3) is 5.52 Å². The van der Waals surface area contributed by atoms with E-state index in [1.54, 1.807) is 47.0 Å². The van der Waals surface area contributed by atoms with Crippen LogP contribution in [0.4, 0.5) is 5.69 Å². The lowest BCUT2D eigenvalue weighted by molar-refractivity contribution is 0.0947. The van der Waals surface area contributed by atoms with Crippen LogP contribution in [-0.2, 0) is 0 Å². The fourth-order valence-electron chi connectivity index (χ4n) is 2.38. The number of fused-ring (bicyclic) bond motifs is 1. The van der Waals surface area contributed by atoms with E-state index in [0.717, 1.165) is 0 Å². The van der Waals surface area contributed by atoms with Gasteiger partial charge in [-0.05, 0) is 30.3 Å². The smallest absolute Gasteiger partial charge is 0.287 e. The van der Waals surface area contributed by atoms with Crippen LogP contribution in [0, 0.1) is 0 Å². The molecule has 0 bridgehead atoms. The van der Waals surface area contributed by atoms with E-state index in [9.17, 15) is 9.59 Å². The number of amides is 2. The highest BCUT2D eigenvalue weighted by molar-refractivity contribution is 6.36. The molecule has 0 aliphatic rings. The quantitative estimate of drug-likeness (QED) is 0.652. The molecule has 0 spiro atoms. The van der Waals surface area contributed by atoms with Crippen molar-refractivity contribution < 1.29 is 9.59 Å². The van der Waals surface area contributed by atoms with Crippen LogP contribution in [0.3, 0.4) is 0 Å². The number of carbonyl (C=O) groups is 2. The zero-order valence-corrected chi connectivity index (χ0v) is 15.0. The summed E-state index contributed by atoms with van der Waals surface area (Å²) in [4.78, 5) is 29.2. The minimum absolute atomic E-state index is 0.106. The van der Waals surface area contributed by atoms with Crippen molar-refractivity contribution in [3.8, 4) is 0 Å². The Morgan fingerprint density at radius 1 is 1.19 bits per heavy atom. The van der Waals surface area contributed by atoms with E-state index in [2.05, 4.69) is 22.2 Å². The predicted octanol–water partition coefficient (Wildman–Crippen LogP) is 3.81. The molecule has 2 heterocycles. The maximum absolute atomic E-state index is 12.7. The Morgan fingerprint density at radius 2 is 2.00 bits per heavy atom. The van der Waals surface area contributed by atoms with Crippen molar-refractivity contribution in [3.05, 3.63) is 76.8 Å². The summed E-state index contributed by atoms with van der Waals surface area (Å²) in [5.74, 6) is -0.787. The van der Waals surface area contributed by atoms with E-state index in [-0.39, 0.29) is 11.5 Å². The second-order valence-corrected chi connectivity index (χ2v) is 6.16. The third-order valence-corrected chi connectivity index (χ3v) is 4.10. The summed E-state index contributed by atoms with van der Waals surface area (Å²) in [6.45, 7) is 3.85. The molecule has 2 aromatic heterocycles. The highest BCUT2D eigenvalue weighted by Gasteiger charge is 2.21. The zero-order chi connectivity index (χ0) is 18.7. The zero-order valence-electron chi connectivity index (χ0n) is 13.5. The van der Waals surface area contributed by atoms with Crippen LogP contribution < -0.4 is 10.6 Å². The molecule has 0 fully saturated rings. The Labute approximate surface area is 159 Å². The van der Waals surface area contributed by atoms with Crippen LogP contribution in [0.5, 0.6) is 0 Å². The fourth-order valence-corrected chi connectivity index (χ4v) is 2.84. The van der Waals surface area contributed by atoms with Crippen molar-refractivity contribution in [1.82, 2.24) is 14.7 Å². The lowest BCUT2D eigenvalue weighted by Crippen LogP contribution is -2.25. The minimum atomic E-state index is -0.485. The van der Waals surface area contributed by atoms with Crippen molar-refractivity contribution >= 4 is 46.2 Å². The fraction of sp³-hybridized carbons (Fsp3) is 0.0556. The molecular formula is C18H14Cl2N4O2. The highest BCUT2D eigenvalue weighted by Crippen LogP contribution is 2.26. The molecule has 8 heteroatoms. The Morgan fingerprint density at radius 3 is 2.73 bits per heavy atom. The number of nitrogens with zero attached hydrogens (tertiary/aromatic N) is 2. The topological polar surface area (TPSA) is 75.5 Å². The Hall–Kier alpha value is -2.83. The molecule has 3 aromatic rings. The van der Waals surface area contributed by atoms with E-state index in [1.165, 1.54) is 6.07 Å². The molecule has 0 atom stereocenters. The van der Waals surface area contributed by atoms with Gasteiger partial charge in [0.25, 0.3) is 11.8 Å². The summed E-state index contributed by atoms with van der Waals surface area (Å²) >= 11 is 12.0. The van der Waals surface area contributed by atoms with Gasteiger partial charge in [0.1, 0.15) is 0 Å². The van der Waals surface area contributed by atoms with Crippen LogP contribution >= 0.6 is 23.2 Å². The molecule has 3 rings (SSSR count). The third kappa shape index (κ3) is 3.56. The molecule has 0 saturated heterocycles. The first-order valence-corrected chi connectivity index (χ1v) is 8.39. The second-order valence-electron chi connectivity index (χ2n) is 5.32. The lowest BCUT2D eigenvalue weighted by Gasteiger charge is -2.06. The number of anilines is 1. The van der Waals surface area contributed by atoms with Crippen molar-refractivity contribution in [2.75, 3.05) is 11.9 Å². The number of hydrogen-bond donors (Lipinski definition) is 2. The summed E-state index contributed by atoms with van der Waals surface area (Å²) in [5, 5.41) is 6.10. The first kappa shape index (κ1) is 18.0. The molecular weight excluding hydrogens is 375 g/mol. The molecule has 0 radical (unpaired) electrons. The predicted molar refractivity (Wildman–Crippen MR) is 102 cm³/mol. The monoisotopic (exact) mass is 388 g/mol. The van der Waals surface area contributed by atoms with Gasteiger partial charge in [0.15, 0.2) is 5.69 Å². The number of nitrogens with one attached hydrogen (secondary N) is 2. The van der Waals surface area contributed by atoms with Gasteiger partial charge in [0, 0.05) is 17.8 Å². The van der Waals surface area contributed by atoms with Gasteiger partial charge >= 0.3 is 0 Å². The number of hydrogen-bond acceptors (Lipinski definition) is 3. The van der Waals surface area contributed by atoms with Gasteiger partial charge in [0.05, 0.1) is 16.2 Å². The summed E-state index contributed by atoms with van der Waals surface area (Å²) in [6, 6.07) is 9.94. The molecule has 26 heavy (non-hydrogen) atoms. The molecule has 0 unspecified atom stereocenters. The van der Waals surface area contributed by atoms with E-state index in [4.69, 9.17) is 23.2 Å². The van der Waals surface area contributed by atoms with E-state index < -0.39 is 11.8 Å². The SMILES string of the molecule is C=CCNC(=O)c1nc(C(=O)Nc2ccc(Cl)cc2Cl)c2ccccn12. The standard InChI is InChI=1S/C18H14Cl2N4O2/c1-2-8-21-18(26)16-23-15(14-5-3-4-9-24(14)16)17(25)22-13-7-6-11(19)10-12(13)20/h2-7,9-10H,1,8H2,(H,21,26)(H,22,25). The number of benzene rings is 1. The van der Waals surface area contributed by atoms with Crippen molar-refractivity contribution in [2.24, 2.45) is 0 Å². The van der Waals surface area contributed by atoms with Crippen molar-refractivity contribution in [1.29, 1.82) is 0 Å². The van der Waals surface area contributed by atoms with Gasteiger partial charge in [-0.25, -0.2) is 4.98 Å². The number of pyridine rings is 1. The van der Waals surface area contributed by atoms with E-state index >= 15 is 0 Å². The summed E-state index contributed by atoms with van der Waals surface area (Å²) in [6.07, 6.45) is 3.22. The number of aromatic nitrogens is 2. The summed E-state index contributed by atoms with van der Waals surface area (Å²) in [5.41, 5.74) is 1.01. The molecule has 2 N–H and O–H groups in total. The van der Waals surface area contributed by atoms with Gasteiger partial charge in [-0.2, -0.15) is 0 Å². The van der Waals surface area contributed by atoms with Crippen LogP contribution in [0.2, 0.25) is 10.0 Å². The van der Waals surface area contributed by atoms with Crippen molar-refractivity contribution in [2.45, 2.75) is 0 Å². The van der Waals surface area contributed by atoms with Gasteiger partial charge in [-0.1, -0.05) is 35.3 Å². The molecule has 132 valence electrons. The molecule has 2 amide bonds. The van der Waals surface area contributed by atoms with Gasteiger partial charge in [0.2, 0.25) is 5.82 Å². The number of halogens is 2. The Balaban J connectivity index is 1.97. The largest absolute Gasteiger partial charge is 0.346 e. The third-order valence-electron chi connectivity index (χ3n) is 3.55. The van der Waals surface area contributed by atoms with Crippen LogP contribution in [0.1, 0.15) is 21.1 Å². The Bertz CT molecular complexity index is 1010. The molecule has 0 aliphatic heterocycles. The van der Waals surface area contributed by atoms with Crippen molar-refractivity contribution in [3.63, 3.8) is 0 Å².